The number of halogens is 1. The highest BCUT2D eigenvalue weighted by Gasteiger charge is 2.08. The van der Waals surface area contributed by atoms with Gasteiger partial charge in [-0.25, -0.2) is 9.97 Å². The van der Waals surface area contributed by atoms with E-state index >= 15 is 0 Å². The minimum atomic E-state index is 0.269. The van der Waals surface area contributed by atoms with Crippen molar-refractivity contribution in [3.8, 4) is 0 Å². The molecule has 0 saturated carbocycles. The summed E-state index contributed by atoms with van der Waals surface area (Å²) in [7, 11) is 0. The average Bonchev–Trinajstić information content (AvgIpc) is 2.36. The van der Waals surface area contributed by atoms with Crippen LogP contribution in [0.1, 0.15) is 13.8 Å². The van der Waals surface area contributed by atoms with E-state index in [1.165, 1.54) is 5.39 Å². The van der Waals surface area contributed by atoms with E-state index in [1.807, 2.05) is 18.2 Å². The minimum absolute atomic E-state index is 0.269. The topological polar surface area (TPSA) is 37.8 Å². The van der Waals surface area contributed by atoms with Gasteiger partial charge in [0.05, 0.1) is 5.52 Å². The predicted molar refractivity (Wildman–Crippen MR) is 80.8 cm³/mol. The number of nitrogens with zero attached hydrogens (tertiary/aromatic N) is 2. The van der Waals surface area contributed by atoms with Crippen LogP contribution in [-0.4, -0.2) is 16.0 Å². The Hall–Kier alpha value is -1.87. The van der Waals surface area contributed by atoms with Crippen LogP contribution < -0.4 is 5.32 Å². The molecule has 0 unspecified atom stereocenters. The lowest BCUT2D eigenvalue weighted by molar-refractivity contribution is 0.890. The Labute approximate surface area is 116 Å². The van der Waals surface area contributed by atoms with E-state index in [4.69, 9.17) is 11.6 Å². The Balaban J connectivity index is 2.33. The van der Waals surface area contributed by atoms with E-state index in [0.717, 1.165) is 22.1 Å². The van der Waals surface area contributed by atoms with Crippen molar-refractivity contribution in [2.24, 2.45) is 0 Å². The molecule has 1 N–H and O–H groups in total. The van der Waals surface area contributed by atoms with Crippen LogP contribution in [0.3, 0.4) is 0 Å². The first-order chi connectivity index (χ1) is 9.13. The van der Waals surface area contributed by atoms with Gasteiger partial charge >= 0.3 is 0 Å². The molecule has 0 fully saturated rings. The lowest BCUT2D eigenvalue weighted by Crippen LogP contribution is -2.11. The van der Waals surface area contributed by atoms with Crippen molar-refractivity contribution in [2.45, 2.75) is 19.9 Å². The van der Waals surface area contributed by atoms with Crippen LogP contribution in [0, 0.1) is 0 Å². The molecule has 0 radical (unpaired) electrons. The molecule has 0 atom stereocenters. The Morgan fingerprint density at radius 3 is 2.42 bits per heavy atom. The molecular formula is C15H14ClN3. The van der Waals surface area contributed by atoms with Gasteiger partial charge in [-0.15, -0.1) is 0 Å². The number of fused-ring (bicyclic) bond motifs is 2. The summed E-state index contributed by atoms with van der Waals surface area (Å²) < 4.78 is 0. The molecule has 0 spiro atoms. The number of anilines is 1. The maximum Gasteiger partial charge on any atom is 0.224 e. The highest BCUT2D eigenvalue weighted by molar-refractivity contribution is 6.29. The molecular weight excluding hydrogens is 258 g/mol. The number of hydrogen-bond donors (Lipinski definition) is 1. The van der Waals surface area contributed by atoms with Gasteiger partial charge in [-0.2, -0.15) is 0 Å². The van der Waals surface area contributed by atoms with Gasteiger partial charge in [0.15, 0.2) is 0 Å². The van der Waals surface area contributed by atoms with E-state index < -0.39 is 0 Å². The standard InChI is InChI=1S/C15H14ClN3/c1-9(2)17-14-12-7-10-5-3-4-6-11(10)8-13(12)18-15(16)19-14/h3-9H,1-2H3,(H,17,18,19). The lowest BCUT2D eigenvalue weighted by Gasteiger charge is -2.12. The fourth-order valence-corrected chi connectivity index (χ4v) is 2.35. The zero-order valence-electron chi connectivity index (χ0n) is 10.8. The summed E-state index contributed by atoms with van der Waals surface area (Å²) in [6.45, 7) is 4.14. The summed E-state index contributed by atoms with van der Waals surface area (Å²) in [6, 6.07) is 12.6. The van der Waals surface area contributed by atoms with E-state index in [0.29, 0.717) is 6.04 Å². The van der Waals surface area contributed by atoms with E-state index in [9.17, 15) is 0 Å². The minimum Gasteiger partial charge on any atom is -0.367 e. The number of benzene rings is 2. The molecule has 0 saturated heterocycles. The Bertz CT molecular complexity index is 753. The number of rotatable bonds is 2. The molecule has 0 aliphatic carbocycles. The Morgan fingerprint density at radius 1 is 1.05 bits per heavy atom. The quantitative estimate of drug-likeness (QED) is 0.559. The Morgan fingerprint density at radius 2 is 1.74 bits per heavy atom. The smallest absolute Gasteiger partial charge is 0.224 e. The zero-order valence-corrected chi connectivity index (χ0v) is 11.6. The molecule has 2 aromatic carbocycles. The van der Waals surface area contributed by atoms with Gasteiger partial charge in [0.2, 0.25) is 5.28 Å². The van der Waals surface area contributed by atoms with E-state index in [2.05, 4.69) is 47.3 Å². The molecule has 0 bridgehead atoms. The zero-order chi connectivity index (χ0) is 13.4. The molecule has 0 aliphatic heterocycles. The van der Waals surface area contributed by atoms with Crippen molar-refractivity contribution in [1.82, 2.24) is 9.97 Å². The first kappa shape index (κ1) is 12.2. The Kier molecular flexibility index (Phi) is 2.99. The molecule has 3 aromatic rings. The molecule has 0 amide bonds. The second-order valence-corrected chi connectivity index (χ2v) is 5.19. The highest BCUT2D eigenvalue weighted by Crippen LogP contribution is 2.27. The molecule has 0 aliphatic rings. The maximum atomic E-state index is 6.00. The van der Waals surface area contributed by atoms with Crippen LogP contribution in [0.4, 0.5) is 5.82 Å². The number of aromatic nitrogens is 2. The van der Waals surface area contributed by atoms with Crippen molar-refractivity contribution in [2.75, 3.05) is 5.32 Å². The second-order valence-electron chi connectivity index (χ2n) is 4.86. The van der Waals surface area contributed by atoms with Crippen LogP contribution in [-0.2, 0) is 0 Å². The third-order valence-electron chi connectivity index (χ3n) is 2.96. The van der Waals surface area contributed by atoms with Crippen molar-refractivity contribution >= 4 is 39.1 Å². The van der Waals surface area contributed by atoms with Crippen molar-refractivity contribution in [3.05, 3.63) is 41.7 Å². The fraction of sp³-hybridized carbons (Fsp3) is 0.200. The van der Waals surface area contributed by atoms with Gasteiger partial charge in [-0.1, -0.05) is 24.3 Å². The summed E-state index contributed by atoms with van der Waals surface area (Å²) in [4.78, 5) is 8.60. The lowest BCUT2D eigenvalue weighted by atomic mass is 10.1. The van der Waals surface area contributed by atoms with Gasteiger partial charge in [-0.3, -0.25) is 0 Å². The molecule has 3 nitrogen and oxygen atoms in total. The third kappa shape index (κ3) is 2.34. The van der Waals surface area contributed by atoms with Gasteiger partial charge in [0.25, 0.3) is 0 Å². The average molecular weight is 272 g/mol. The monoisotopic (exact) mass is 271 g/mol. The summed E-state index contributed by atoms with van der Waals surface area (Å²) in [5, 5.41) is 6.91. The van der Waals surface area contributed by atoms with Crippen molar-refractivity contribution in [1.29, 1.82) is 0 Å². The fourth-order valence-electron chi connectivity index (χ4n) is 2.17. The van der Waals surface area contributed by atoms with Crippen LogP contribution in [0.15, 0.2) is 36.4 Å². The first-order valence-electron chi connectivity index (χ1n) is 6.26. The van der Waals surface area contributed by atoms with Gasteiger partial charge in [0.1, 0.15) is 5.82 Å². The molecule has 4 heteroatoms. The SMILES string of the molecule is CC(C)Nc1nc(Cl)nc2cc3ccccc3cc12. The maximum absolute atomic E-state index is 6.00. The molecule has 1 heterocycles. The normalized spacial score (nSPS) is 11.4. The third-order valence-corrected chi connectivity index (χ3v) is 3.13. The van der Waals surface area contributed by atoms with Crippen LogP contribution >= 0.6 is 11.6 Å². The van der Waals surface area contributed by atoms with Gasteiger partial charge in [-0.05, 0) is 48.4 Å². The highest BCUT2D eigenvalue weighted by atomic mass is 35.5. The van der Waals surface area contributed by atoms with E-state index in [-0.39, 0.29) is 5.28 Å². The van der Waals surface area contributed by atoms with Crippen LogP contribution in [0.2, 0.25) is 5.28 Å². The molecule has 19 heavy (non-hydrogen) atoms. The van der Waals surface area contributed by atoms with Crippen LogP contribution in [0.5, 0.6) is 0 Å². The van der Waals surface area contributed by atoms with E-state index in [1.54, 1.807) is 0 Å². The molecule has 1 aromatic heterocycles. The summed E-state index contributed by atoms with van der Waals surface area (Å²) in [6.07, 6.45) is 0. The summed E-state index contributed by atoms with van der Waals surface area (Å²) in [5.74, 6) is 0.788. The van der Waals surface area contributed by atoms with Gasteiger partial charge in [0, 0.05) is 11.4 Å². The predicted octanol–water partition coefficient (Wildman–Crippen LogP) is 4.26. The first-order valence-corrected chi connectivity index (χ1v) is 6.64. The number of hydrogen-bond acceptors (Lipinski definition) is 3. The summed E-state index contributed by atoms with van der Waals surface area (Å²) in [5.41, 5.74) is 0.863. The largest absolute Gasteiger partial charge is 0.367 e. The van der Waals surface area contributed by atoms with Crippen LogP contribution in [0.25, 0.3) is 21.7 Å². The number of nitrogens with one attached hydrogen (secondary N) is 1. The molecule has 96 valence electrons. The van der Waals surface area contributed by atoms with Crippen molar-refractivity contribution < 1.29 is 0 Å². The summed E-state index contributed by atoms with van der Waals surface area (Å²) >= 11 is 6.00. The molecule has 3 rings (SSSR count). The van der Waals surface area contributed by atoms with Crippen molar-refractivity contribution in [3.63, 3.8) is 0 Å². The van der Waals surface area contributed by atoms with Gasteiger partial charge < -0.3 is 5.32 Å². The second kappa shape index (κ2) is 4.67.